The zero-order valence-corrected chi connectivity index (χ0v) is 26.8. The van der Waals surface area contributed by atoms with Gasteiger partial charge < -0.3 is 19.7 Å². The zero-order valence-electron chi connectivity index (χ0n) is 24.4. The Kier molecular flexibility index (Phi) is 10.7. The van der Waals surface area contributed by atoms with E-state index in [1.807, 2.05) is 18.2 Å². The van der Waals surface area contributed by atoms with Gasteiger partial charge in [0.1, 0.15) is 21.7 Å². The molecule has 1 amide bonds. The molecule has 2 heterocycles. The molecule has 1 fully saturated rings. The third-order valence-corrected chi connectivity index (χ3v) is 10.3. The number of carbonyl (C=O) groups is 1. The van der Waals surface area contributed by atoms with E-state index in [1.54, 1.807) is 68.9 Å². The van der Waals surface area contributed by atoms with Crippen molar-refractivity contribution in [1.29, 1.82) is 0 Å². The maximum absolute atomic E-state index is 13.2. The summed E-state index contributed by atoms with van der Waals surface area (Å²) in [6, 6.07) is 18.8. The lowest BCUT2D eigenvalue weighted by Crippen LogP contribution is -2.48. The average molecular weight is 646 g/mol. The fourth-order valence-electron chi connectivity index (χ4n) is 4.99. The number of thiazole rings is 1. The molecule has 230 valence electrons. The third-order valence-electron chi connectivity index (χ3n) is 7.29. The van der Waals surface area contributed by atoms with E-state index in [2.05, 4.69) is 15.1 Å². The summed E-state index contributed by atoms with van der Waals surface area (Å²) in [4.78, 5) is 22.3. The van der Waals surface area contributed by atoms with Crippen molar-refractivity contribution in [2.45, 2.75) is 11.8 Å². The zero-order chi connectivity index (χ0) is 29.7. The number of piperazine rings is 1. The molecule has 1 aromatic heterocycles. The number of anilines is 2. The van der Waals surface area contributed by atoms with Crippen molar-refractivity contribution in [2.24, 2.45) is 0 Å². The number of carbonyl (C=O) groups excluding carboxylic acids is 1. The van der Waals surface area contributed by atoms with Crippen molar-refractivity contribution < 1.29 is 22.7 Å². The van der Waals surface area contributed by atoms with Gasteiger partial charge in [0.15, 0.2) is 5.13 Å². The molecule has 1 aliphatic rings. The topological polar surface area (TPSA) is 104 Å². The highest BCUT2D eigenvalue weighted by atomic mass is 35.5. The van der Waals surface area contributed by atoms with Crippen molar-refractivity contribution in [3.8, 4) is 11.5 Å². The molecule has 13 heteroatoms. The Labute approximate surface area is 262 Å². The molecule has 0 spiro atoms. The number of nitrogens with zero attached hydrogens (tertiary/aromatic N) is 4. The smallest absolute Gasteiger partial charge is 0.264 e. The number of ether oxygens (including phenoxy) is 2. The van der Waals surface area contributed by atoms with Crippen LogP contribution in [0, 0.1) is 0 Å². The first-order valence-corrected chi connectivity index (χ1v) is 16.1. The van der Waals surface area contributed by atoms with E-state index in [0.29, 0.717) is 24.3 Å². The number of para-hydroxylation sites is 1. The van der Waals surface area contributed by atoms with Crippen LogP contribution in [0.5, 0.6) is 11.5 Å². The number of hydrogen-bond acceptors (Lipinski definition) is 9. The quantitative estimate of drug-likeness (QED) is 0.254. The van der Waals surface area contributed by atoms with Gasteiger partial charge in [-0.1, -0.05) is 29.5 Å². The molecule has 4 aromatic rings. The normalized spacial score (nSPS) is 13.8. The van der Waals surface area contributed by atoms with Crippen molar-refractivity contribution >= 4 is 60.7 Å². The van der Waals surface area contributed by atoms with Crippen LogP contribution in [0.25, 0.3) is 10.2 Å². The van der Waals surface area contributed by atoms with Gasteiger partial charge in [-0.2, -0.15) is 0 Å². The van der Waals surface area contributed by atoms with Crippen molar-refractivity contribution in [3.05, 3.63) is 72.3 Å². The van der Waals surface area contributed by atoms with Gasteiger partial charge in [0.05, 0.1) is 24.8 Å². The van der Waals surface area contributed by atoms with E-state index >= 15 is 0 Å². The minimum atomic E-state index is -3.74. The molecule has 10 nitrogen and oxygen atoms in total. The Hall–Kier alpha value is -3.58. The van der Waals surface area contributed by atoms with E-state index in [0.717, 1.165) is 59.6 Å². The van der Waals surface area contributed by atoms with E-state index < -0.39 is 10.0 Å². The van der Waals surface area contributed by atoms with Crippen LogP contribution in [0.3, 0.4) is 0 Å². The molecule has 1 aliphatic heterocycles. The monoisotopic (exact) mass is 645 g/mol. The maximum Gasteiger partial charge on any atom is 0.264 e. The summed E-state index contributed by atoms with van der Waals surface area (Å²) in [5, 5.41) is 3.90. The van der Waals surface area contributed by atoms with Gasteiger partial charge in [-0.25, -0.2) is 13.4 Å². The minimum Gasteiger partial charge on any atom is -0.495 e. The Morgan fingerprint density at radius 3 is 2.23 bits per heavy atom. The number of fused-ring (bicyclic) bond motifs is 1. The van der Waals surface area contributed by atoms with Crippen LogP contribution in [-0.2, 0) is 10.0 Å². The number of rotatable bonds is 11. The molecular weight excluding hydrogens is 610 g/mol. The van der Waals surface area contributed by atoms with Gasteiger partial charge in [0.2, 0.25) is 0 Å². The van der Waals surface area contributed by atoms with Crippen LogP contribution >= 0.6 is 23.7 Å². The van der Waals surface area contributed by atoms with Crippen LogP contribution in [0.2, 0.25) is 0 Å². The Bertz CT molecular complexity index is 1590. The predicted molar refractivity (Wildman–Crippen MR) is 174 cm³/mol. The number of methoxy groups -OCH3 is 2. The maximum atomic E-state index is 13.2. The summed E-state index contributed by atoms with van der Waals surface area (Å²) in [5.74, 6) is 1.29. The Balaban J connectivity index is 0.00000423. The second kappa shape index (κ2) is 14.3. The largest absolute Gasteiger partial charge is 0.495 e. The summed E-state index contributed by atoms with van der Waals surface area (Å²) < 4.78 is 39.8. The Morgan fingerprint density at radius 2 is 1.60 bits per heavy atom. The third kappa shape index (κ3) is 6.98. The molecule has 1 N–H and O–H groups in total. The summed E-state index contributed by atoms with van der Waals surface area (Å²) in [5.41, 5.74) is 1.83. The number of amides is 1. The minimum absolute atomic E-state index is 0. The van der Waals surface area contributed by atoms with Crippen LogP contribution < -0.4 is 24.0 Å². The lowest BCUT2D eigenvalue weighted by molar-refractivity contribution is 0.0947. The first-order chi connectivity index (χ1) is 20.3. The van der Waals surface area contributed by atoms with Crippen molar-refractivity contribution in [3.63, 3.8) is 0 Å². The number of nitrogens with one attached hydrogen (secondary N) is 1. The van der Waals surface area contributed by atoms with E-state index in [4.69, 9.17) is 14.5 Å². The molecule has 3 aromatic carbocycles. The van der Waals surface area contributed by atoms with Crippen LogP contribution in [0.1, 0.15) is 17.3 Å². The van der Waals surface area contributed by atoms with E-state index in [9.17, 15) is 13.2 Å². The van der Waals surface area contributed by atoms with Gasteiger partial charge in [-0.05, 0) is 55.5 Å². The lowest BCUT2D eigenvalue weighted by atomic mass is 10.2. The lowest BCUT2D eigenvalue weighted by Gasteiger charge is -2.34. The molecule has 0 unspecified atom stereocenters. The fraction of sp³-hybridized carbons (Fsp3) is 0.333. The van der Waals surface area contributed by atoms with Crippen LogP contribution in [0.4, 0.5) is 10.8 Å². The Morgan fingerprint density at radius 1 is 0.953 bits per heavy atom. The standard InChI is InChI=1S/C30H35N5O5S2.ClH/c1-4-35(23-8-6-5-7-9-23)42(37,38)24-12-10-22(11-13-24)29(36)31-16-17-33-18-20-34(21-19-33)30-32-27-25(39-2)14-15-26(40-3)28(27)41-30;/h5-15H,4,16-21H2,1-3H3,(H,31,36);1H. The van der Waals surface area contributed by atoms with Crippen LogP contribution in [0.15, 0.2) is 71.6 Å². The molecule has 0 bridgehead atoms. The summed E-state index contributed by atoms with van der Waals surface area (Å²) >= 11 is 1.60. The first kappa shape index (κ1) is 32.3. The van der Waals surface area contributed by atoms with Gasteiger partial charge in [0.25, 0.3) is 15.9 Å². The molecule has 0 radical (unpaired) electrons. The van der Waals surface area contributed by atoms with E-state index in [1.165, 1.54) is 16.4 Å². The van der Waals surface area contributed by atoms with E-state index in [-0.39, 0.29) is 23.2 Å². The van der Waals surface area contributed by atoms with Crippen molar-refractivity contribution in [1.82, 2.24) is 15.2 Å². The number of aromatic nitrogens is 1. The van der Waals surface area contributed by atoms with Gasteiger partial charge >= 0.3 is 0 Å². The second-order valence-corrected chi connectivity index (χ2v) is 12.6. The molecule has 5 rings (SSSR count). The molecular formula is C30H36ClN5O5S2. The predicted octanol–water partition coefficient (Wildman–Crippen LogP) is 4.50. The highest BCUT2D eigenvalue weighted by Crippen LogP contribution is 2.40. The average Bonchev–Trinajstić information content (AvgIpc) is 3.47. The van der Waals surface area contributed by atoms with Gasteiger partial charge in [-0.3, -0.25) is 14.0 Å². The number of sulfonamides is 1. The fourth-order valence-corrected chi connectivity index (χ4v) is 7.59. The number of halogens is 1. The molecule has 0 aliphatic carbocycles. The van der Waals surface area contributed by atoms with Gasteiger partial charge in [0, 0.05) is 51.4 Å². The highest BCUT2D eigenvalue weighted by Gasteiger charge is 2.24. The molecule has 1 saturated heterocycles. The SMILES string of the molecule is CCN(c1ccccc1)S(=O)(=O)c1ccc(C(=O)NCCN2CCN(c3nc4c(OC)ccc(OC)c4s3)CC2)cc1.Cl. The summed E-state index contributed by atoms with van der Waals surface area (Å²) in [6.45, 7) is 6.65. The second-order valence-electron chi connectivity index (χ2n) is 9.76. The summed E-state index contributed by atoms with van der Waals surface area (Å²) in [6.07, 6.45) is 0. The van der Waals surface area contributed by atoms with Gasteiger partial charge in [-0.15, -0.1) is 12.4 Å². The number of benzene rings is 3. The highest BCUT2D eigenvalue weighted by molar-refractivity contribution is 7.92. The van der Waals surface area contributed by atoms with Crippen LogP contribution in [-0.4, -0.2) is 84.2 Å². The number of hydrogen-bond donors (Lipinski definition) is 1. The molecule has 0 saturated carbocycles. The summed E-state index contributed by atoms with van der Waals surface area (Å²) in [7, 11) is -0.442. The molecule has 43 heavy (non-hydrogen) atoms. The first-order valence-electron chi connectivity index (χ1n) is 13.8. The molecule has 0 atom stereocenters. The van der Waals surface area contributed by atoms with Crippen molar-refractivity contribution in [2.75, 3.05) is 69.2 Å².